The lowest BCUT2D eigenvalue weighted by Crippen LogP contribution is -2.35. The van der Waals surface area contributed by atoms with Gasteiger partial charge in [-0.2, -0.15) is 0 Å². The molecule has 1 fully saturated rings. The Balaban J connectivity index is 1.52. The number of carbonyl (C=O) groups excluding carboxylic acids is 1. The summed E-state index contributed by atoms with van der Waals surface area (Å²) in [5, 5.41) is 2.79. The number of furan rings is 1. The van der Waals surface area contributed by atoms with Gasteiger partial charge in [0.1, 0.15) is 5.76 Å². The van der Waals surface area contributed by atoms with Crippen LogP contribution in [0, 0.1) is 0 Å². The molecular weight excluding hydrogens is 342 g/mol. The van der Waals surface area contributed by atoms with E-state index in [2.05, 4.69) is 21.3 Å². The van der Waals surface area contributed by atoms with Crippen LogP contribution in [0.15, 0.2) is 65.3 Å². The number of nitrogens with zero attached hydrogens (tertiary/aromatic N) is 2. The highest BCUT2D eigenvalue weighted by atomic mass is 16.5. The molecule has 6 heteroatoms. The third-order valence-electron chi connectivity index (χ3n) is 4.53. The number of morpholine rings is 1. The van der Waals surface area contributed by atoms with E-state index in [4.69, 9.17) is 9.15 Å². The molecule has 0 atom stereocenters. The number of nitrogens with one attached hydrogen (secondary N) is 1. The number of hydrogen-bond acceptors (Lipinski definition) is 5. The zero-order valence-corrected chi connectivity index (χ0v) is 14.9. The highest BCUT2D eigenvalue weighted by Crippen LogP contribution is 2.27. The van der Waals surface area contributed by atoms with Crippen molar-refractivity contribution in [1.29, 1.82) is 0 Å². The number of ether oxygens (including phenoxy) is 1. The van der Waals surface area contributed by atoms with Gasteiger partial charge in [-0.25, -0.2) is 0 Å². The third kappa shape index (κ3) is 4.24. The van der Waals surface area contributed by atoms with Gasteiger partial charge in [-0.05, 0) is 29.8 Å². The summed E-state index contributed by atoms with van der Waals surface area (Å²) in [5.41, 5.74) is 2.81. The fraction of sp³-hybridized carbons (Fsp3) is 0.238. The summed E-state index contributed by atoms with van der Waals surface area (Å²) in [6, 6.07) is 15.2. The molecule has 1 aromatic carbocycles. The fourth-order valence-corrected chi connectivity index (χ4v) is 3.13. The van der Waals surface area contributed by atoms with Crippen LogP contribution in [0.1, 0.15) is 16.1 Å². The number of anilines is 1. The molecule has 0 radical (unpaired) electrons. The Morgan fingerprint density at radius 3 is 2.74 bits per heavy atom. The van der Waals surface area contributed by atoms with Crippen LogP contribution in [0.3, 0.4) is 0 Å². The van der Waals surface area contributed by atoms with Crippen LogP contribution in [-0.2, 0) is 11.3 Å². The molecule has 2 aromatic heterocycles. The zero-order valence-electron chi connectivity index (χ0n) is 14.9. The monoisotopic (exact) mass is 363 g/mol. The SMILES string of the molecule is O=C(Nc1cccnc1)c1ccc(-c2ccccc2CN2CCOCC2)o1. The first-order valence-corrected chi connectivity index (χ1v) is 8.99. The topological polar surface area (TPSA) is 67.6 Å². The van der Waals surface area contributed by atoms with Gasteiger partial charge in [-0.15, -0.1) is 0 Å². The molecule has 1 N–H and O–H groups in total. The van der Waals surface area contributed by atoms with Crippen molar-refractivity contribution in [3.63, 3.8) is 0 Å². The summed E-state index contributed by atoms with van der Waals surface area (Å²) < 4.78 is 11.3. The van der Waals surface area contributed by atoms with Crippen LogP contribution in [0.2, 0.25) is 0 Å². The second-order valence-electron chi connectivity index (χ2n) is 6.41. The Labute approximate surface area is 157 Å². The highest BCUT2D eigenvalue weighted by molar-refractivity contribution is 6.02. The predicted molar refractivity (Wildman–Crippen MR) is 102 cm³/mol. The van der Waals surface area contributed by atoms with Crippen LogP contribution in [0.25, 0.3) is 11.3 Å². The number of rotatable bonds is 5. The van der Waals surface area contributed by atoms with E-state index in [1.54, 1.807) is 30.6 Å². The molecule has 1 aliphatic rings. The standard InChI is InChI=1S/C21H21N3O3/c25-21(23-17-5-3-9-22-14-17)20-8-7-19(27-20)18-6-2-1-4-16(18)15-24-10-12-26-13-11-24/h1-9,14H,10-13,15H2,(H,23,25). The Kier molecular flexibility index (Phi) is 5.27. The van der Waals surface area contributed by atoms with Crippen LogP contribution >= 0.6 is 0 Å². The lowest BCUT2D eigenvalue weighted by Gasteiger charge is -2.27. The maximum absolute atomic E-state index is 12.4. The summed E-state index contributed by atoms with van der Waals surface area (Å²) in [7, 11) is 0. The maximum Gasteiger partial charge on any atom is 0.291 e. The van der Waals surface area contributed by atoms with Gasteiger partial charge in [0.2, 0.25) is 0 Å². The van der Waals surface area contributed by atoms with Crippen molar-refractivity contribution in [2.45, 2.75) is 6.54 Å². The number of carbonyl (C=O) groups is 1. The van der Waals surface area contributed by atoms with Crippen molar-refractivity contribution in [3.8, 4) is 11.3 Å². The summed E-state index contributed by atoms with van der Waals surface area (Å²) in [6.45, 7) is 4.21. The summed E-state index contributed by atoms with van der Waals surface area (Å²) >= 11 is 0. The summed E-state index contributed by atoms with van der Waals surface area (Å²) in [4.78, 5) is 18.8. The van der Waals surface area contributed by atoms with E-state index in [-0.39, 0.29) is 11.7 Å². The van der Waals surface area contributed by atoms with E-state index in [1.807, 2.05) is 24.3 Å². The quantitative estimate of drug-likeness (QED) is 0.752. The molecule has 27 heavy (non-hydrogen) atoms. The zero-order chi connectivity index (χ0) is 18.5. The fourth-order valence-electron chi connectivity index (χ4n) is 3.13. The van der Waals surface area contributed by atoms with Crippen molar-refractivity contribution in [2.24, 2.45) is 0 Å². The second kappa shape index (κ2) is 8.16. The number of amides is 1. The van der Waals surface area contributed by atoms with Gasteiger partial charge in [0, 0.05) is 31.4 Å². The maximum atomic E-state index is 12.4. The second-order valence-corrected chi connectivity index (χ2v) is 6.41. The average molecular weight is 363 g/mol. The molecule has 1 amide bonds. The number of aromatic nitrogens is 1. The molecule has 0 saturated carbocycles. The number of benzene rings is 1. The van der Waals surface area contributed by atoms with Gasteiger partial charge >= 0.3 is 0 Å². The van der Waals surface area contributed by atoms with Crippen molar-refractivity contribution in [2.75, 3.05) is 31.6 Å². The van der Waals surface area contributed by atoms with E-state index in [1.165, 1.54) is 5.56 Å². The first-order chi connectivity index (χ1) is 13.3. The highest BCUT2D eigenvalue weighted by Gasteiger charge is 2.17. The lowest BCUT2D eigenvalue weighted by atomic mass is 10.0. The van der Waals surface area contributed by atoms with E-state index in [0.29, 0.717) is 11.4 Å². The van der Waals surface area contributed by atoms with E-state index in [0.717, 1.165) is 38.4 Å². The van der Waals surface area contributed by atoms with Gasteiger partial charge in [0.25, 0.3) is 5.91 Å². The molecule has 1 aliphatic heterocycles. The first kappa shape index (κ1) is 17.5. The lowest BCUT2D eigenvalue weighted by molar-refractivity contribution is 0.0342. The van der Waals surface area contributed by atoms with Crippen molar-refractivity contribution >= 4 is 11.6 Å². The average Bonchev–Trinajstić information content (AvgIpc) is 3.20. The molecule has 0 aliphatic carbocycles. The molecule has 6 nitrogen and oxygen atoms in total. The minimum Gasteiger partial charge on any atom is -0.451 e. The smallest absolute Gasteiger partial charge is 0.291 e. The minimum absolute atomic E-state index is 0.273. The van der Waals surface area contributed by atoms with Gasteiger partial charge in [0.05, 0.1) is 25.1 Å². The summed E-state index contributed by atoms with van der Waals surface area (Å²) in [6.07, 6.45) is 3.26. The molecule has 4 rings (SSSR count). The molecule has 138 valence electrons. The van der Waals surface area contributed by atoms with Crippen LogP contribution in [-0.4, -0.2) is 42.1 Å². The molecule has 3 heterocycles. The molecule has 3 aromatic rings. The number of hydrogen-bond donors (Lipinski definition) is 1. The number of pyridine rings is 1. The molecule has 0 bridgehead atoms. The Bertz CT molecular complexity index is 902. The van der Waals surface area contributed by atoms with Gasteiger partial charge in [-0.3, -0.25) is 14.7 Å². The molecular formula is C21H21N3O3. The minimum atomic E-state index is -0.292. The van der Waals surface area contributed by atoms with Gasteiger partial charge < -0.3 is 14.5 Å². The summed E-state index contributed by atoms with van der Waals surface area (Å²) in [5.74, 6) is 0.671. The Morgan fingerprint density at radius 2 is 1.93 bits per heavy atom. The van der Waals surface area contributed by atoms with E-state index >= 15 is 0 Å². The third-order valence-corrected chi connectivity index (χ3v) is 4.53. The normalized spacial score (nSPS) is 14.8. The van der Waals surface area contributed by atoms with Gasteiger partial charge in [0.15, 0.2) is 5.76 Å². The molecule has 0 unspecified atom stereocenters. The van der Waals surface area contributed by atoms with E-state index in [9.17, 15) is 4.79 Å². The first-order valence-electron chi connectivity index (χ1n) is 8.99. The van der Waals surface area contributed by atoms with Crippen molar-refractivity contribution in [3.05, 3.63) is 72.2 Å². The molecule has 0 spiro atoms. The van der Waals surface area contributed by atoms with Crippen molar-refractivity contribution in [1.82, 2.24) is 9.88 Å². The van der Waals surface area contributed by atoms with E-state index < -0.39 is 0 Å². The predicted octanol–water partition coefficient (Wildman–Crippen LogP) is 3.43. The van der Waals surface area contributed by atoms with Crippen LogP contribution in [0.4, 0.5) is 5.69 Å². The van der Waals surface area contributed by atoms with Crippen LogP contribution in [0.5, 0.6) is 0 Å². The molecule has 1 saturated heterocycles. The Morgan fingerprint density at radius 1 is 1.07 bits per heavy atom. The van der Waals surface area contributed by atoms with Gasteiger partial charge in [-0.1, -0.05) is 24.3 Å². The van der Waals surface area contributed by atoms with Crippen molar-refractivity contribution < 1.29 is 13.9 Å². The largest absolute Gasteiger partial charge is 0.451 e. The van der Waals surface area contributed by atoms with Crippen LogP contribution < -0.4 is 5.32 Å². The Hall–Kier alpha value is -2.96.